The molecule has 1 unspecified atom stereocenters. The number of amidine groups is 1. The summed E-state index contributed by atoms with van der Waals surface area (Å²) in [4.78, 5) is 14.7. The van der Waals surface area contributed by atoms with Gasteiger partial charge in [-0.05, 0) is 38.0 Å². The predicted molar refractivity (Wildman–Crippen MR) is 80.1 cm³/mol. The van der Waals surface area contributed by atoms with Gasteiger partial charge in [0.05, 0.1) is 6.10 Å². The molecule has 1 aliphatic carbocycles. The number of likely N-dealkylation sites (tertiary alicyclic amines) is 1. The lowest BCUT2D eigenvalue weighted by Gasteiger charge is -2.47. The fraction of sp³-hybridized carbons (Fsp3) is 0.867. The van der Waals surface area contributed by atoms with Gasteiger partial charge < -0.3 is 20.6 Å². The number of hydrogen-bond acceptors (Lipinski definition) is 4. The Hall–Kier alpha value is -1.30. The molecule has 1 atom stereocenters. The van der Waals surface area contributed by atoms with Crippen LogP contribution in [0.5, 0.6) is 0 Å². The van der Waals surface area contributed by atoms with Gasteiger partial charge in [-0.15, -0.1) is 0 Å². The molecule has 21 heavy (non-hydrogen) atoms. The van der Waals surface area contributed by atoms with Crippen LogP contribution in [-0.4, -0.2) is 47.7 Å². The van der Waals surface area contributed by atoms with E-state index in [0.29, 0.717) is 25.3 Å². The summed E-state index contributed by atoms with van der Waals surface area (Å²) in [5.41, 5.74) is 5.03. The van der Waals surface area contributed by atoms with Crippen LogP contribution in [0.15, 0.2) is 5.16 Å². The van der Waals surface area contributed by atoms with E-state index in [0.717, 1.165) is 32.4 Å². The van der Waals surface area contributed by atoms with Crippen molar-refractivity contribution in [1.29, 1.82) is 0 Å². The molecule has 0 aromatic rings. The fourth-order valence-corrected chi connectivity index (χ4v) is 3.56. The monoisotopic (exact) mass is 297 g/mol. The number of hydrogen-bond donors (Lipinski definition) is 2. The second-order valence-electron chi connectivity index (χ2n) is 6.47. The maximum absolute atomic E-state index is 12.9. The summed E-state index contributed by atoms with van der Waals surface area (Å²) in [6, 6.07) is 0. The molecule has 0 radical (unpaired) electrons. The highest BCUT2D eigenvalue weighted by Crippen LogP contribution is 2.47. The van der Waals surface area contributed by atoms with E-state index in [4.69, 9.17) is 15.7 Å². The fourth-order valence-electron chi connectivity index (χ4n) is 3.56. The van der Waals surface area contributed by atoms with Crippen LogP contribution < -0.4 is 5.73 Å². The third kappa shape index (κ3) is 3.15. The zero-order chi connectivity index (χ0) is 15.5. The Morgan fingerprint density at radius 3 is 2.81 bits per heavy atom. The molecular weight excluding hydrogens is 270 g/mol. The third-order valence-corrected chi connectivity index (χ3v) is 4.62. The van der Waals surface area contributed by atoms with E-state index in [2.05, 4.69) is 19.0 Å². The molecule has 1 heterocycles. The van der Waals surface area contributed by atoms with Gasteiger partial charge in [-0.25, -0.2) is 0 Å². The normalized spacial score (nSPS) is 33.6. The topological polar surface area (TPSA) is 88.2 Å². The van der Waals surface area contributed by atoms with Gasteiger partial charge in [0, 0.05) is 19.7 Å². The van der Waals surface area contributed by atoms with Gasteiger partial charge in [-0.3, -0.25) is 4.79 Å². The van der Waals surface area contributed by atoms with E-state index in [9.17, 15) is 4.79 Å². The van der Waals surface area contributed by atoms with Gasteiger partial charge in [0.1, 0.15) is 5.41 Å². The van der Waals surface area contributed by atoms with Crippen molar-refractivity contribution in [1.82, 2.24) is 4.90 Å². The van der Waals surface area contributed by atoms with E-state index in [1.807, 2.05) is 4.90 Å². The highest BCUT2D eigenvalue weighted by Gasteiger charge is 2.54. The first-order chi connectivity index (χ1) is 10.0. The van der Waals surface area contributed by atoms with Crippen molar-refractivity contribution in [2.24, 2.45) is 22.2 Å². The van der Waals surface area contributed by atoms with Crippen molar-refractivity contribution in [3.8, 4) is 0 Å². The van der Waals surface area contributed by atoms with Crippen molar-refractivity contribution in [2.45, 2.75) is 52.1 Å². The highest BCUT2D eigenvalue weighted by atomic mass is 16.5. The lowest BCUT2D eigenvalue weighted by atomic mass is 9.61. The minimum absolute atomic E-state index is 0.000647. The maximum Gasteiger partial charge on any atom is 0.236 e. The Morgan fingerprint density at radius 2 is 2.24 bits per heavy atom. The summed E-state index contributed by atoms with van der Waals surface area (Å²) >= 11 is 0. The minimum Gasteiger partial charge on any atom is -0.409 e. The van der Waals surface area contributed by atoms with Gasteiger partial charge in [-0.2, -0.15) is 0 Å². The Balaban J connectivity index is 2.04. The summed E-state index contributed by atoms with van der Waals surface area (Å²) in [5, 5.41) is 12.1. The third-order valence-electron chi connectivity index (χ3n) is 4.62. The van der Waals surface area contributed by atoms with Crippen molar-refractivity contribution >= 4 is 11.7 Å². The van der Waals surface area contributed by atoms with Crippen LogP contribution in [0, 0.1) is 11.3 Å². The predicted octanol–water partition coefficient (Wildman–Crippen LogP) is 1.57. The van der Waals surface area contributed by atoms with Crippen LogP contribution in [0.2, 0.25) is 0 Å². The smallest absolute Gasteiger partial charge is 0.236 e. The van der Waals surface area contributed by atoms with Gasteiger partial charge >= 0.3 is 0 Å². The first-order valence-corrected chi connectivity index (χ1v) is 7.92. The minimum atomic E-state index is -0.791. The van der Waals surface area contributed by atoms with Crippen molar-refractivity contribution in [2.75, 3.05) is 19.7 Å². The molecule has 2 rings (SSSR count). The summed E-state index contributed by atoms with van der Waals surface area (Å²) in [5.74, 6) is 0.495. The van der Waals surface area contributed by atoms with E-state index in [1.54, 1.807) is 0 Å². The van der Waals surface area contributed by atoms with Crippen LogP contribution in [-0.2, 0) is 9.53 Å². The molecule has 1 saturated heterocycles. The Bertz CT molecular complexity index is 405. The molecular formula is C15H27N3O3. The number of carbonyl (C=O) groups excluding carboxylic acids is 1. The number of nitrogens with two attached hydrogens (primary N) is 1. The highest BCUT2D eigenvalue weighted by molar-refractivity contribution is 6.07. The van der Waals surface area contributed by atoms with Gasteiger partial charge in [0.2, 0.25) is 5.91 Å². The average Bonchev–Trinajstić information content (AvgIpc) is 2.48. The number of oxime groups is 1. The second-order valence-corrected chi connectivity index (χ2v) is 6.47. The summed E-state index contributed by atoms with van der Waals surface area (Å²) < 4.78 is 5.78. The maximum atomic E-state index is 12.9. The molecule has 0 aromatic carbocycles. The molecule has 0 spiro atoms. The first kappa shape index (κ1) is 16.1. The van der Waals surface area contributed by atoms with Crippen LogP contribution in [0.3, 0.4) is 0 Å². The Morgan fingerprint density at radius 1 is 1.52 bits per heavy atom. The SMILES string of the molecule is CCCOC1CCCN(C(=O)C2(C(N)=NO)CC(C)C2)C1. The zero-order valence-electron chi connectivity index (χ0n) is 13.0. The van der Waals surface area contributed by atoms with E-state index < -0.39 is 5.41 Å². The van der Waals surface area contributed by atoms with Crippen LogP contribution in [0.4, 0.5) is 0 Å². The standard InChI is InChI=1S/C15H27N3O3/c1-3-7-21-12-5-4-6-18(10-12)14(19)15(13(16)17-20)8-11(2)9-15/h11-12,20H,3-10H2,1-2H3,(H2,16,17). The molecule has 1 saturated carbocycles. The van der Waals surface area contributed by atoms with E-state index in [-0.39, 0.29) is 17.8 Å². The van der Waals surface area contributed by atoms with Crippen LogP contribution in [0.25, 0.3) is 0 Å². The van der Waals surface area contributed by atoms with Crippen molar-refractivity contribution in [3.63, 3.8) is 0 Å². The molecule has 120 valence electrons. The zero-order valence-corrected chi connectivity index (χ0v) is 13.0. The molecule has 2 fully saturated rings. The number of amides is 1. The molecule has 0 aromatic heterocycles. The number of rotatable bonds is 5. The molecule has 3 N–H and O–H groups in total. The molecule has 6 heteroatoms. The molecule has 0 bridgehead atoms. The number of piperidine rings is 1. The van der Waals surface area contributed by atoms with E-state index in [1.165, 1.54) is 0 Å². The van der Waals surface area contributed by atoms with Crippen molar-refractivity contribution in [3.05, 3.63) is 0 Å². The van der Waals surface area contributed by atoms with Gasteiger partial charge in [0.25, 0.3) is 0 Å². The number of ether oxygens (including phenoxy) is 1. The quantitative estimate of drug-likeness (QED) is 0.349. The lowest BCUT2D eigenvalue weighted by Crippen LogP contribution is -2.59. The van der Waals surface area contributed by atoms with Crippen LogP contribution >= 0.6 is 0 Å². The molecule has 1 aliphatic heterocycles. The Kier molecular flexibility index (Phi) is 5.08. The van der Waals surface area contributed by atoms with Crippen LogP contribution in [0.1, 0.15) is 46.0 Å². The van der Waals surface area contributed by atoms with E-state index >= 15 is 0 Å². The summed E-state index contributed by atoms with van der Waals surface area (Å²) in [6.45, 7) is 6.25. The largest absolute Gasteiger partial charge is 0.409 e. The average molecular weight is 297 g/mol. The lowest BCUT2D eigenvalue weighted by molar-refractivity contribution is -0.148. The first-order valence-electron chi connectivity index (χ1n) is 7.92. The molecule has 2 aliphatic rings. The number of carbonyl (C=O) groups is 1. The van der Waals surface area contributed by atoms with Gasteiger partial charge in [-0.1, -0.05) is 19.0 Å². The molecule has 6 nitrogen and oxygen atoms in total. The van der Waals surface area contributed by atoms with Crippen molar-refractivity contribution < 1.29 is 14.7 Å². The van der Waals surface area contributed by atoms with Gasteiger partial charge in [0.15, 0.2) is 5.84 Å². The second kappa shape index (κ2) is 6.64. The number of nitrogens with zero attached hydrogens (tertiary/aromatic N) is 2. The summed E-state index contributed by atoms with van der Waals surface area (Å²) in [6.07, 6.45) is 4.37. The summed E-state index contributed by atoms with van der Waals surface area (Å²) in [7, 11) is 0. The molecule has 1 amide bonds. The Labute approximate surface area is 126 Å².